The van der Waals surface area contributed by atoms with E-state index >= 15 is 0 Å². The normalized spacial score (nSPS) is 11.8. The molecule has 0 aliphatic rings. The van der Waals surface area contributed by atoms with Crippen molar-refractivity contribution in [1.29, 1.82) is 0 Å². The van der Waals surface area contributed by atoms with E-state index in [0.717, 1.165) is 31.5 Å². The first-order valence-electron chi connectivity index (χ1n) is 17.5. The van der Waals surface area contributed by atoms with Crippen LogP contribution in [-0.2, 0) is 22.6 Å². The SMILES string of the molecule is CCOC(=O)c1nc(N(C)c2cc(C)c(N=c3sc4ccccc4n3COCC[Si](C)(C)C)nn2)sc1CCCOc1ccc(C#CCNC)cc1F. The van der Waals surface area contributed by atoms with Crippen molar-refractivity contribution in [3.05, 3.63) is 80.8 Å². The molecular weight excluding hydrogens is 730 g/mol. The van der Waals surface area contributed by atoms with Crippen LogP contribution in [0.2, 0.25) is 25.7 Å². The third kappa shape index (κ3) is 10.8. The Balaban J connectivity index is 1.31. The van der Waals surface area contributed by atoms with Crippen LogP contribution in [0, 0.1) is 24.6 Å². The molecular formula is C38H46FN7O4S2Si. The van der Waals surface area contributed by atoms with Crippen LogP contribution in [0.5, 0.6) is 5.75 Å². The van der Waals surface area contributed by atoms with Crippen molar-refractivity contribution in [1.82, 2.24) is 25.1 Å². The predicted molar refractivity (Wildman–Crippen MR) is 213 cm³/mol. The number of aromatic nitrogens is 4. The zero-order chi connectivity index (χ0) is 38.0. The maximum Gasteiger partial charge on any atom is 0.358 e. The first-order valence-corrected chi connectivity index (χ1v) is 22.8. The molecule has 15 heteroatoms. The fourth-order valence-corrected chi connectivity index (χ4v) is 7.88. The number of halogens is 1. The Hall–Kier alpha value is -4.46. The number of hydrogen-bond acceptors (Lipinski definition) is 12. The van der Waals surface area contributed by atoms with E-state index in [4.69, 9.17) is 19.2 Å². The Bertz CT molecular complexity index is 2170. The fourth-order valence-electron chi connectivity index (χ4n) is 5.05. The number of nitrogens with one attached hydrogen (secondary N) is 1. The zero-order valence-electron chi connectivity index (χ0n) is 31.3. The molecule has 0 atom stereocenters. The highest BCUT2D eigenvalue weighted by atomic mass is 32.1. The summed E-state index contributed by atoms with van der Waals surface area (Å²) < 4.78 is 35.0. The van der Waals surface area contributed by atoms with E-state index < -0.39 is 19.9 Å². The molecule has 53 heavy (non-hydrogen) atoms. The molecule has 0 unspecified atom stereocenters. The van der Waals surface area contributed by atoms with E-state index in [1.807, 2.05) is 32.2 Å². The lowest BCUT2D eigenvalue weighted by Gasteiger charge is -2.16. The molecule has 2 aromatic carbocycles. The molecule has 1 N–H and O–H groups in total. The lowest BCUT2D eigenvalue weighted by Crippen LogP contribution is -2.23. The number of carbonyl (C=O) groups is 1. The molecule has 5 aromatic rings. The van der Waals surface area contributed by atoms with Crippen molar-refractivity contribution in [2.75, 3.05) is 45.4 Å². The topological polar surface area (TPSA) is 116 Å². The number of hydrogen-bond donors (Lipinski definition) is 1. The van der Waals surface area contributed by atoms with Crippen LogP contribution < -0.4 is 19.8 Å². The summed E-state index contributed by atoms with van der Waals surface area (Å²) in [6.45, 7) is 12.8. The van der Waals surface area contributed by atoms with Gasteiger partial charge in [0.25, 0.3) is 0 Å². The van der Waals surface area contributed by atoms with Crippen LogP contribution in [-0.4, -0.2) is 74.3 Å². The Labute approximate surface area is 318 Å². The minimum absolute atomic E-state index is 0.150. The molecule has 0 radical (unpaired) electrons. The molecule has 0 spiro atoms. The quantitative estimate of drug-likeness (QED) is 0.0472. The molecule has 3 heterocycles. The average molecular weight is 776 g/mol. The van der Waals surface area contributed by atoms with Crippen LogP contribution in [0.15, 0.2) is 53.5 Å². The molecule has 0 fully saturated rings. The van der Waals surface area contributed by atoms with Gasteiger partial charge in [-0.25, -0.2) is 14.2 Å². The summed E-state index contributed by atoms with van der Waals surface area (Å²) in [6.07, 6.45) is 1.01. The van der Waals surface area contributed by atoms with E-state index in [1.54, 1.807) is 42.3 Å². The van der Waals surface area contributed by atoms with Crippen molar-refractivity contribution < 1.29 is 23.4 Å². The molecule has 280 valence electrons. The number of aryl methyl sites for hydroxylation is 2. The first kappa shape index (κ1) is 39.7. The van der Waals surface area contributed by atoms with Crippen LogP contribution in [0.3, 0.4) is 0 Å². The summed E-state index contributed by atoms with van der Waals surface area (Å²) in [6, 6.07) is 15.8. The van der Waals surface area contributed by atoms with Gasteiger partial charge >= 0.3 is 5.97 Å². The molecule has 0 aliphatic heterocycles. The van der Waals surface area contributed by atoms with Crippen molar-refractivity contribution in [2.45, 2.75) is 59.1 Å². The molecule has 0 amide bonds. The molecule has 11 nitrogen and oxygen atoms in total. The largest absolute Gasteiger partial charge is 0.491 e. The zero-order valence-corrected chi connectivity index (χ0v) is 33.9. The number of carbonyl (C=O) groups excluding carboxylic acids is 1. The lowest BCUT2D eigenvalue weighted by molar-refractivity contribution is 0.0519. The van der Waals surface area contributed by atoms with Gasteiger partial charge in [-0.15, -0.1) is 21.5 Å². The molecule has 0 saturated carbocycles. The number of rotatable bonds is 16. The first-order chi connectivity index (χ1) is 25.5. The summed E-state index contributed by atoms with van der Waals surface area (Å²) in [5, 5.41) is 12.5. The minimum atomic E-state index is -1.22. The Kier molecular flexibility index (Phi) is 13.9. The minimum Gasteiger partial charge on any atom is -0.491 e. The van der Waals surface area contributed by atoms with Gasteiger partial charge in [0.1, 0.15) is 6.73 Å². The Morgan fingerprint density at radius 3 is 2.66 bits per heavy atom. The second-order valence-corrected chi connectivity index (χ2v) is 21.1. The monoisotopic (exact) mass is 775 g/mol. The lowest BCUT2D eigenvalue weighted by atomic mass is 10.2. The van der Waals surface area contributed by atoms with Crippen molar-refractivity contribution in [2.24, 2.45) is 4.99 Å². The van der Waals surface area contributed by atoms with Crippen LogP contribution >= 0.6 is 22.7 Å². The number of ether oxygens (including phenoxy) is 3. The highest BCUT2D eigenvalue weighted by Crippen LogP contribution is 2.32. The van der Waals surface area contributed by atoms with Crippen molar-refractivity contribution >= 4 is 63.7 Å². The number of fused-ring (bicyclic) bond motifs is 1. The van der Waals surface area contributed by atoms with Gasteiger partial charge in [0.15, 0.2) is 38.8 Å². The summed E-state index contributed by atoms with van der Waals surface area (Å²) in [4.78, 5) is 25.8. The van der Waals surface area contributed by atoms with E-state index in [2.05, 4.69) is 68.7 Å². The van der Waals surface area contributed by atoms with Crippen LogP contribution in [0.4, 0.5) is 21.2 Å². The number of anilines is 2. The van der Waals surface area contributed by atoms with Gasteiger partial charge in [0.05, 0.1) is 30.0 Å². The third-order valence-electron chi connectivity index (χ3n) is 7.97. The molecule has 0 saturated heterocycles. The standard InChI is InChI=1S/C38H46FN7O4S2Si/c1-8-49-36(47)34-32(16-12-20-50-30-18-17-27(24-28(30)39)13-11-19-40-3)52-37(41-34)45(4)33-23-26(2)35(44-43-33)42-38-46(25-48-21-22-53(5,6)7)29-14-9-10-15-31(29)51-38/h9-10,14-15,17-18,23-24,40H,8,12,16,19-22,25H2,1-7H3. The van der Waals surface area contributed by atoms with E-state index in [9.17, 15) is 9.18 Å². The summed E-state index contributed by atoms with van der Waals surface area (Å²) in [7, 11) is 2.41. The van der Waals surface area contributed by atoms with Gasteiger partial charge < -0.3 is 24.4 Å². The molecule has 0 bridgehead atoms. The number of esters is 1. The summed E-state index contributed by atoms with van der Waals surface area (Å²) >= 11 is 2.95. The average Bonchev–Trinajstić information content (AvgIpc) is 3.71. The molecule has 5 rings (SSSR count). The Morgan fingerprint density at radius 2 is 1.92 bits per heavy atom. The van der Waals surface area contributed by atoms with E-state index in [1.165, 1.54) is 17.4 Å². The van der Waals surface area contributed by atoms with Gasteiger partial charge in [0.2, 0.25) is 0 Å². The van der Waals surface area contributed by atoms with E-state index in [-0.39, 0.29) is 24.7 Å². The van der Waals surface area contributed by atoms with Crippen LogP contribution in [0.1, 0.15) is 39.8 Å². The highest BCUT2D eigenvalue weighted by molar-refractivity contribution is 7.16. The van der Waals surface area contributed by atoms with Gasteiger partial charge in [0, 0.05) is 32.2 Å². The van der Waals surface area contributed by atoms with Gasteiger partial charge in [-0.2, -0.15) is 4.99 Å². The van der Waals surface area contributed by atoms with Gasteiger partial charge in [-0.1, -0.05) is 55.0 Å². The second-order valence-electron chi connectivity index (χ2n) is 13.4. The van der Waals surface area contributed by atoms with Crippen molar-refractivity contribution in [3.8, 4) is 17.6 Å². The summed E-state index contributed by atoms with van der Waals surface area (Å²) in [5.41, 5.74) is 2.71. The van der Waals surface area contributed by atoms with Crippen molar-refractivity contribution in [3.63, 3.8) is 0 Å². The third-order valence-corrected chi connectivity index (χ3v) is 11.9. The maximum atomic E-state index is 14.6. The highest BCUT2D eigenvalue weighted by Gasteiger charge is 2.23. The number of nitrogens with zero attached hydrogens (tertiary/aromatic N) is 6. The number of thiazole rings is 2. The number of para-hydroxylation sites is 1. The Morgan fingerprint density at radius 1 is 1.11 bits per heavy atom. The van der Waals surface area contributed by atoms with Crippen LogP contribution in [0.25, 0.3) is 10.2 Å². The number of benzene rings is 2. The fraction of sp³-hybridized carbons (Fsp3) is 0.395. The van der Waals surface area contributed by atoms with Gasteiger partial charge in [-0.05, 0) is 81.7 Å². The molecule has 3 aromatic heterocycles. The summed E-state index contributed by atoms with van der Waals surface area (Å²) in [5.74, 6) is 6.05. The molecule has 0 aliphatic carbocycles. The van der Waals surface area contributed by atoms with Gasteiger partial charge in [-0.3, -0.25) is 4.57 Å². The van der Waals surface area contributed by atoms with E-state index in [0.29, 0.717) is 55.1 Å². The maximum absolute atomic E-state index is 14.6. The predicted octanol–water partition coefficient (Wildman–Crippen LogP) is 7.47. The smallest absolute Gasteiger partial charge is 0.358 e. The second kappa shape index (κ2) is 18.5.